The molecule has 2 aliphatic carbocycles. The van der Waals surface area contributed by atoms with Crippen molar-refractivity contribution in [2.45, 2.75) is 83.3 Å². The molecule has 1 saturated heterocycles. The number of rotatable bonds is 9. The third kappa shape index (κ3) is 5.82. The number of nitriles is 1. The van der Waals surface area contributed by atoms with Crippen LogP contribution in [-0.2, 0) is 21.5 Å². The first kappa shape index (κ1) is 32.7. The molecule has 0 spiro atoms. The number of aryl methyl sites for hydroxylation is 3. The van der Waals surface area contributed by atoms with Gasteiger partial charge in [0.1, 0.15) is 17.6 Å². The summed E-state index contributed by atoms with van der Waals surface area (Å²) in [5.41, 5.74) is 7.96. The Labute approximate surface area is 295 Å². The molecular weight excluding hydrogens is 647 g/mol. The number of amides is 3. The fourth-order valence-corrected chi connectivity index (χ4v) is 8.02. The van der Waals surface area contributed by atoms with Crippen molar-refractivity contribution in [3.05, 3.63) is 94.1 Å². The molecule has 4 aromatic rings. The lowest BCUT2D eigenvalue weighted by Gasteiger charge is -2.40. The van der Waals surface area contributed by atoms with Crippen molar-refractivity contribution >= 4 is 34.8 Å². The molecule has 3 fully saturated rings. The summed E-state index contributed by atoms with van der Waals surface area (Å²) < 4.78 is 20.9. The number of benzene rings is 3. The third-order valence-corrected chi connectivity index (χ3v) is 11.2. The Bertz CT molecular complexity index is 2110. The molecule has 8 rings (SSSR count). The van der Waals surface area contributed by atoms with Gasteiger partial charge in [0, 0.05) is 48.1 Å². The number of nitrogens with one attached hydrogen (secondary N) is 2. The van der Waals surface area contributed by atoms with Crippen LogP contribution in [0.15, 0.2) is 59.1 Å². The second-order valence-corrected chi connectivity index (χ2v) is 14.6. The molecular formula is C40H39FN6O4. The Morgan fingerprint density at radius 1 is 1.08 bits per heavy atom. The summed E-state index contributed by atoms with van der Waals surface area (Å²) in [6.45, 7) is 6.84. The zero-order chi connectivity index (χ0) is 35.6. The minimum atomic E-state index is -0.747. The summed E-state index contributed by atoms with van der Waals surface area (Å²) in [7, 11) is 0. The summed E-state index contributed by atoms with van der Waals surface area (Å²) >= 11 is 0. The molecule has 1 atom stereocenters. The van der Waals surface area contributed by atoms with Crippen LogP contribution in [0.25, 0.3) is 11.1 Å². The number of fused-ring (bicyclic) bond motifs is 1. The summed E-state index contributed by atoms with van der Waals surface area (Å²) in [6.07, 6.45) is 3.81. The predicted molar refractivity (Wildman–Crippen MR) is 189 cm³/mol. The number of carbonyl (C=O) groups is 3. The molecule has 3 heterocycles. The molecule has 3 aromatic carbocycles. The number of nitrogens with zero attached hydrogens (tertiary/aromatic N) is 4. The number of hydrogen-bond donors (Lipinski definition) is 2. The standard InChI is InChI=1S/C40H39FN6O4/c1-22-4-5-26(37-23(2)45-51-24(37)3)17-35(22)46(30-8-6-28(7-9-30)40(21-42)12-13-40)19-25-14-29(15-25)43-33-18-31-27(16-32(33)41)20-47(39(31)50)34-10-11-36(48)44-38(34)49/h4-9,16-18,25,29,34,43H,10-15,19-20H2,1-3H3,(H,44,48,49). The third-order valence-electron chi connectivity index (χ3n) is 11.2. The molecule has 4 aliphatic rings. The largest absolute Gasteiger partial charge is 0.380 e. The Morgan fingerprint density at radius 3 is 2.51 bits per heavy atom. The second-order valence-electron chi connectivity index (χ2n) is 14.6. The van der Waals surface area contributed by atoms with Gasteiger partial charge in [-0.05, 0) is 111 Å². The van der Waals surface area contributed by atoms with Gasteiger partial charge in [-0.2, -0.15) is 5.26 Å². The topological polar surface area (TPSA) is 132 Å². The zero-order valence-corrected chi connectivity index (χ0v) is 28.9. The van der Waals surface area contributed by atoms with Crippen LogP contribution < -0.4 is 15.5 Å². The Balaban J connectivity index is 1.00. The number of halogens is 1. The van der Waals surface area contributed by atoms with E-state index in [4.69, 9.17) is 4.52 Å². The lowest BCUT2D eigenvalue weighted by molar-refractivity contribution is -0.136. The van der Waals surface area contributed by atoms with E-state index >= 15 is 4.39 Å². The summed E-state index contributed by atoms with van der Waals surface area (Å²) in [5.74, 6) is -0.527. The maximum atomic E-state index is 15.4. The first-order valence-corrected chi connectivity index (χ1v) is 17.6. The van der Waals surface area contributed by atoms with E-state index in [0.29, 0.717) is 17.0 Å². The van der Waals surface area contributed by atoms with Crippen LogP contribution in [0.3, 0.4) is 0 Å². The van der Waals surface area contributed by atoms with Crippen LogP contribution in [0.4, 0.5) is 21.5 Å². The monoisotopic (exact) mass is 686 g/mol. The van der Waals surface area contributed by atoms with E-state index in [0.717, 1.165) is 77.3 Å². The van der Waals surface area contributed by atoms with Crippen LogP contribution in [0.2, 0.25) is 0 Å². The van der Waals surface area contributed by atoms with Gasteiger partial charge < -0.3 is 19.6 Å². The molecule has 2 N–H and O–H groups in total. The van der Waals surface area contributed by atoms with Gasteiger partial charge in [0.25, 0.3) is 5.91 Å². The van der Waals surface area contributed by atoms with Gasteiger partial charge in [-0.25, -0.2) is 4.39 Å². The molecule has 10 nitrogen and oxygen atoms in total. The Kier molecular flexibility index (Phi) is 7.93. The minimum absolute atomic E-state index is 0.0228. The van der Waals surface area contributed by atoms with Gasteiger partial charge in [0.05, 0.1) is 22.9 Å². The highest BCUT2D eigenvalue weighted by Gasteiger charge is 2.45. The molecule has 51 heavy (non-hydrogen) atoms. The van der Waals surface area contributed by atoms with E-state index in [1.807, 2.05) is 13.8 Å². The van der Waals surface area contributed by atoms with Crippen molar-refractivity contribution in [2.24, 2.45) is 5.92 Å². The Hall–Kier alpha value is -5.50. The molecule has 2 aliphatic heterocycles. The van der Waals surface area contributed by atoms with E-state index in [9.17, 15) is 19.6 Å². The van der Waals surface area contributed by atoms with Gasteiger partial charge in [-0.3, -0.25) is 19.7 Å². The van der Waals surface area contributed by atoms with Crippen LogP contribution in [0.5, 0.6) is 0 Å². The number of aromatic nitrogens is 1. The van der Waals surface area contributed by atoms with Crippen molar-refractivity contribution in [1.29, 1.82) is 5.26 Å². The molecule has 0 bridgehead atoms. The van der Waals surface area contributed by atoms with Crippen LogP contribution in [0.1, 0.15) is 77.0 Å². The smallest absolute Gasteiger partial charge is 0.255 e. The van der Waals surface area contributed by atoms with Crippen molar-refractivity contribution < 1.29 is 23.3 Å². The highest BCUT2D eigenvalue weighted by Crippen LogP contribution is 2.48. The van der Waals surface area contributed by atoms with Crippen molar-refractivity contribution in [2.75, 3.05) is 16.8 Å². The van der Waals surface area contributed by atoms with Crippen LogP contribution >= 0.6 is 0 Å². The predicted octanol–water partition coefficient (Wildman–Crippen LogP) is 6.75. The fourth-order valence-electron chi connectivity index (χ4n) is 8.02. The average molecular weight is 687 g/mol. The van der Waals surface area contributed by atoms with E-state index < -0.39 is 17.8 Å². The van der Waals surface area contributed by atoms with Crippen molar-refractivity contribution in [1.82, 2.24) is 15.4 Å². The highest BCUT2D eigenvalue weighted by molar-refractivity contribution is 6.05. The summed E-state index contributed by atoms with van der Waals surface area (Å²) in [5, 5.41) is 19.6. The number of anilines is 3. The Morgan fingerprint density at radius 2 is 1.84 bits per heavy atom. The van der Waals surface area contributed by atoms with Crippen molar-refractivity contribution in [3.63, 3.8) is 0 Å². The zero-order valence-electron chi connectivity index (χ0n) is 28.9. The van der Waals surface area contributed by atoms with E-state index in [-0.39, 0.29) is 48.3 Å². The number of imide groups is 1. The quantitative estimate of drug-likeness (QED) is 0.185. The lowest BCUT2D eigenvalue weighted by Crippen LogP contribution is -2.52. The molecule has 3 amide bonds. The lowest BCUT2D eigenvalue weighted by atomic mass is 9.79. The van der Waals surface area contributed by atoms with Gasteiger partial charge in [0.15, 0.2) is 0 Å². The van der Waals surface area contributed by atoms with Crippen LogP contribution in [-0.4, -0.2) is 46.4 Å². The normalized spacial score (nSPS) is 21.8. The van der Waals surface area contributed by atoms with Crippen LogP contribution in [0, 0.1) is 43.8 Å². The first-order valence-electron chi connectivity index (χ1n) is 17.6. The maximum absolute atomic E-state index is 15.4. The number of hydrogen-bond acceptors (Lipinski definition) is 8. The van der Waals surface area contributed by atoms with Gasteiger partial charge in [0.2, 0.25) is 11.8 Å². The highest BCUT2D eigenvalue weighted by atomic mass is 19.1. The number of piperidine rings is 1. The molecule has 1 aromatic heterocycles. The SMILES string of the molecule is Cc1ccc(-c2c(C)noc2C)cc1N(CC1CC(Nc2cc3c(cc2F)CN(C2CCC(=O)NC2=O)C3=O)C1)c1ccc(C2(C#N)CC2)cc1. The molecule has 11 heteroatoms. The van der Waals surface area contributed by atoms with E-state index in [1.54, 1.807) is 6.07 Å². The van der Waals surface area contributed by atoms with Gasteiger partial charge in [-0.1, -0.05) is 29.4 Å². The van der Waals surface area contributed by atoms with Gasteiger partial charge in [-0.15, -0.1) is 0 Å². The fraction of sp³-hybridized carbons (Fsp3) is 0.375. The molecule has 0 radical (unpaired) electrons. The second kappa shape index (κ2) is 12.4. The molecule has 260 valence electrons. The van der Waals surface area contributed by atoms with Gasteiger partial charge >= 0.3 is 0 Å². The molecule has 2 saturated carbocycles. The minimum Gasteiger partial charge on any atom is -0.380 e. The molecule has 1 unspecified atom stereocenters. The summed E-state index contributed by atoms with van der Waals surface area (Å²) in [6, 6.07) is 19.5. The first-order chi connectivity index (χ1) is 24.5. The maximum Gasteiger partial charge on any atom is 0.255 e. The average Bonchev–Trinajstić information content (AvgIpc) is 3.75. The van der Waals surface area contributed by atoms with E-state index in [2.05, 4.69) is 76.1 Å². The van der Waals surface area contributed by atoms with Crippen molar-refractivity contribution in [3.8, 4) is 17.2 Å². The summed E-state index contributed by atoms with van der Waals surface area (Å²) in [4.78, 5) is 41.2. The number of carbonyl (C=O) groups excluding carboxylic acids is 3. The van der Waals surface area contributed by atoms with E-state index in [1.165, 1.54) is 11.0 Å².